The highest BCUT2D eigenvalue weighted by molar-refractivity contribution is 7.80. The number of piperazine rings is 1. The van der Waals surface area contributed by atoms with Gasteiger partial charge in [-0.05, 0) is 41.5 Å². The van der Waals surface area contributed by atoms with Crippen molar-refractivity contribution >= 4 is 57.8 Å². The normalized spacial score (nSPS) is 14.6. The van der Waals surface area contributed by atoms with Crippen molar-refractivity contribution < 1.29 is 0 Å². The van der Waals surface area contributed by atoms with Gasteiger partial charge < -0.3 is 10.2 Å². The molecule has 0 spiro atoms. The Bertz CT molecular complexity index is 1060. The van der Waals surface area contributed by atoms with Gasteiger partial charge in [0.2, 0.25) is 0 Å². The summed E-state index contributed by atoms with van der Waals surface area (Å²) >= 11 is 24.0. The molecular formula is C22H22Cl3N5S. The van der Waals surface area contributed by atoms with Gasteiger partial charge in [-0.1, -0.05) is 59.1 Å². The second-order valence-electron chi connectivity index (χ2n) is 7.46. The summed E-state index contributed by atoms with van der Waals surface area (Å²) in [5.41, 5.74) is 3.06. The smallest absolute Gasteiger partial charge is 0.173 e. The van der Waals surface area contributed by atoms with Crippen molar-refractivity contribution in [1.82, 2.24) is 19.6 Å². The van der Waals surface area contributed by atoms with Crippen molar-refractivity contribution in [3.8, 4) is 0 Å². The Labute approximate surface area is 202 Å². The highest BCUT2D eigenvalue weighted by atomic mass is 35.5. The number of anilines is 1. The number of thiocarbonyl (C=S) groups is 1. The fourth-order valence-electron chi connectivity index (χ4n) is 3.52. The van der Waals surface area contributed by atoms with Crippen LogP contribution in [0.3, 0.4) is 0 Å². The van der Waals surface area contributed by atoms with E-state index in [0.29, 0.717) is 21.7 Å². The third kappa shape index (κ3) is 5.90. The number of rotatable bonds is 5. The van der Waals surface area contributed by atoms with Gasteiger partial charge in [0.25, 0.3) is 0 Å². The molecule has 1 aromatic heterocycles. The molecule has 0 aliphatic carbocycles. The fraction of sp³-hybridized carbons (Fsp3) is 0.273. The molecule has 4 rings (SSSR count). The van der Waals surface area contributed by atoms with Gasteiger partial charge >= 0.3 is 0 Å². The van der Waals surface area contributed by atoms with Crippen LogP contribution in [0.15, 0.2) is 54.9 Å². The summed E-state index contributed by atoms with van der Waals surface area (Å²) in [5, 5.41) is 10.3. The van der Waals surface area contributed by atoms with Crippen molar-refractivity contribution in [3.05, 3.63) is 81.1 Å². The molecule has 0 saturated carbocycles. The Morgan fingerprint density at radius 3 is 2.45 bits per heavy atom. The Kier molecular flexibility index (Phi) is 7.35. The van der Waals surface area contributed by atoms with Crippen LogP contribution in [0, 0.1) is 0 Å². The van der Waals surface area contributed by atoms with E-state index in [-0.39, 0.29) is 0 Å². The average Bonchev–Trinajstić information content (AvgIpc) is 3.20. The van der Waals surface area contributed by atoms with Gasteiger partial charge in [0.1, 0.15) is 0 Å². The van der Waals surface area contributed by atoms with Crippen LogP contribution in [0.4, 0.5) is 5.69 Å². The van der Waals surface area contributed by atoms with Gasteiger partial charge in [-0.25, -0.2) is 0 Å². The van der Waals surface area contributed by atoms with Crippen LogP contribution in [0.1, 0.15) is 11.1 Å². The molecule has 0 amide bonds. The second kappa shape index (κ2) is 10.2. The van der Waals surface area contributed by atoms with Gasteiger partial charge in [0.05, 0.1) is 28.5 Å². The van der Waals surface area contributed by atoms with Crippen molar-refractivity contribution in [2.45, 2.75) is 13.1 Å². The summed E-state index contributed by atoms with van der Waals surface area (Å²) in [6.07, 6.45) is 3.72. The van der Waals surface area contributed by atoms with E-state index in [2.05, 4.69) is 20.2 Å². The van der Waals surface area contributed by atoms with E-state index in [9.17, 15) is 0 Å². The molecule has 0 unspecified atom stereocenters. The number of nitrogens with one attached hydrogen (secondary N) is 1. The molecule has 1 saturated heterocycles. The molecule has 5 nitrogen and oxygen atoms in total. The van der Waals surface area contributed by atoms with Crippen LogP contribution in [0.5, 0.6) is 0 Å². The molecule has 0 bridgehead atoms. The molecule has 0 atom stereocenters. The topological polar surface area (TPSA) is 36.3 Å². The SMILES string of the molecule is S=C(Nc1cnn(Cc2ccccc2Cl)c1)N1CCN(Cc2ccc(Cl)c(Cl)c2)CC1. The maximum absolute atomic E-state index is 6.24. The van der Waals surface area contributed by atoms with E-state index < -0.39 is 0 Å². The molecule has 31 heavy (non-hydrogen) atoms. The first-order valence-electron chi connectivity index (χ1n) is 9.96. The highest BCUT2D eigenvalue weighted by Crippen LogP contribution is 2.23. The van der Waals surface area contributed by atoms with Gasteiger partial charge in [0, 0.05) is 43.9 Å². The summed E-state index contributed by atoms with van der Waals surface area (Å²) in [7, 11) is 0. The van der Waals surface area contributed by atoms with Crippen molar-refractivity contribution in [2.24, 2.45) is 0 Å². The van der Waals surface area contributed by atoms with Crippen LogP contribution < -0.4 is 5.32 Å². The van der Waals surface area contributed by atoms with Gasteiger partial charge in [-0.3, -0.25) is 9.58 Å². The Morgan fingerprint density at radius 2 is 1.71 bits per heavy atom. The van der Waals surface area contributed by atoms with Crippen LogP contribution in [-0.2, 0) is 13.1 Å². The van der Waals surface area contributed by atoms with Crippen molar-refractivity contribution in [3.63, 3.8) is 0 Å². The Balaban J connectivity index is 1.27. The maximum Gasteiger partial charge on any atom is 0.173 e. The molecule has 2 heterocycles. The maximum atomic E-state index is 6.24. The fourth-order valence-corrected chi connectivity index (χ4v) is 4.34. The minimum atomic E-state index is 0.585. The molecule has 0 radical (unpaired) electrons. The predicted molar refractivity (Wildman–Crippen MR) is 132 cm³/mol. The third-order valence-electron chi connectivity index (χ3n) is 5.22. The zero-order chi connectivity index (χ0) is 21.8. The number of aromatic nitrogens is 2. The van der Waals surface area contributed by atoms with E-state index in [4.69, 9.17) is 47.0 Å². The lowest BCUT2D eigenvalue weighted by molar-refractivity contribution is 0.177. The lowest BCUT2D eigenvalue weighted by atomic mass is 10.2. The first kappa shape index (κ1) is 22.4. The van der Waals surface area contributed by atoms with Gasteiger partial charge in [0.15, 0.2) is 5.11 Å². The summed E-state index contributed by atoms with van der Waals surface area (Å²) in [4.78, 5) is 4.58. The van der Waals surface area contributed by atoms with Crippen LogP contribution >= 0.6 is 47.0 Å². The minimum absolute atomic E-state index is 0.585. The molecule has 1 fully saturated rings. The zero-order valence-corrected chi connectivity index (χ0v) is 19.9. The number of nitrogens with zero attached hydrogens (tertiary/aromatic N) is 4. The number of hydrogen-bond acceptors (Lipinski definition) is 3. The first-order chi connectivity index (χ1) is 15.0. The number of halogens is 3. The van der Waals surface area contributed by atoms with Crippen LogP contribution in [0.25, 0.3) is 0 Å². The lowest BCUT2D eigenvalue weighted by Crippen LogP contribution is -2.49. The molecule has 162 valence electrons. The highest BCUT2D eigenvalue weighted by Gasteiger charge is 2.19. The number of hydrogen-bond donors (Lipinski definition) is 1. The molecule has 2 aromatic carbocycles. The van der Waals surface area contributed by atoms with E-state index >= 15 is 0 Å². The zero-order valence-electron chi connectivity index (χ0n) is 16.8. The first-order valence-corrected chi connectivity index (χ1v) is 11.5. The molecule has 9 heteroatoms. The number of benzene rings is 2. The molecular weight excluding hydrogens is 473 g/mol. The lowest BCUT2D eigenvalue weighted by Gasteiger charge is -2.36. The monoisotopic (exact) mass is 493 g/mol. The molecule has 3 aromatic rings. The van der Waals surface area contributed by atoms with E-state index in [1.165, 1.54) is 0 Å². The second-order valence-corrected chi connectivity index (χ2v) is 9.07. The quantitative estimate of drug-likeness (QED) is 0.480. The van der Waals surface area contributed by atoms with Crippen LogP contribution in [-0.4, -0.2) is 50.9 Å². The third-order valence-corrected chi connectivity index (χ3v) is 6.69. The summed E-state index contributed by atoms with van der Waals surface area (Å²) < 4.78 is 1.85. The summed E-state index contributed by atoms with van der Waals surface area (Å²) in [6, 6.07) is 13.6. The van der Waals surface area contributed by atoms with E-state index in [1.54, 1.807) is 6.20 Å². The standard InChI is InChI=1S/C22H22Cl3N5S/c23-19-4-2-1-3-17(19)14-30-15-18(12-26-30)27-22(31)29-9-7-28(8-10-29)13-16-5-6-20(24)21(25)11-16/h1-6,11-12,15H,7-10,13-14H2,(H,27,31). The Hall–Kier alpha value is -1.83. The minimum Gasteiger partial charge on any atom is -0.346 e. The van der Waals surface area contributed by atoms with E-state index in [1.807, 2.05) is 53.3 Å². The van der Waals surface area contributed by atoms with Crippen molar-refractivity contribution in [1.29, 1.82) is 0 Å². The summed E-state index contributed by atoms with van der Waals surface area (Å²) in [6.45, 7) is 5.03. The average molecular weight is 495 g/mol. The summed E-state index contributed by atoms with van der Waals surface area (Å²) in [5.74, 6) is 0. The molecule has 1 aliphatic rings. The van der Waals surface area contributed by atoms with Gasteiger partial charge in [-0.15, -0.1) is 0 Å². The molecule has 1 N–H and O–H groups in total. The van der Waals surface area contributed by atoms with Crippen molar-refractivity contribution in [2.75, 3.05) is 31.5 Å². The van der Waals surface area contributed by atoms with Crippen LogP contribution in [0.2, 0.25) is 15.1 Å². The van der Waals surface area contributed by atoms with E-state index in [0.717, 1.165) is 54.6 Å². The largest absolute Gasteiger partial charge is 0.346 e. The Morgan fingerprint density at radius 1 is 0.935 bits per heavy atom. The molecule has 1 aliphatic heterocycles. The van der Waals surface area contributed by atoms with Gasteiger partial charge in [-0.2, -0.15) is 5.10 Å². The predicted octanol–water partition coefficient (Wildman–Crippen LogP) is 5.41.